The van der Waals surface area contributed by atoms with Crippen LogP contribution < -0.4 is 10.6 Å². The maximum Gasteiger partial charge on any atom is 0.416 e. The number of nitrogens with one attached hydrogen (secondary N) is 2. The third-order valence-corrected chi connectivity index (χ3v) is 7.09. The van der Waals surface area contributed by atoms with Gasteiger partial charge in [0.1, 0.15) is 5.82 Å². The van der Waals surface area contributed by atoms with Crippen molar-refractivity contribution < 1.29 is 27.1 Å². The molecule has 2 aromatic rings. The van der Waals surface area contributed by atoms with Gasteiger partial charge in [-0.1, -0.05) is 19.1 Å². The van der Waals surface area contributed by atoms with E-state index in [-0.39, 0.29) is 23.6 Å². The number of anilines is 2. The van der Waals surface area contributed by atoms with Crippen LogP contribution >= 0.6 is 0 Å². The molecule has 0 bridgehead atoms. The summed E-state index contributed by atoms with van der Waals surface area (Å²) in [5, 5.41) is 5.63. The summed E-state index contributed by atoms with van der Waals surface area (Å²) in [6, 6.07) is 10.2. The van der Waals surface area contributed by atoms with Crippen molar-refractivity contribution in [2.45, 2.75) is 50.8 Å². The fourth-order valence-corrected chi connectivity index (χ4v) is 4.77. The second-order valence-electron chi connectivity index (χ2n) is 9.50. The van der Waals surface area contributed by atoms with Gasteiger partial charge in [-0.15, -0.1) is 0 Å². The molecule has 4 rings (SSSR count). The number of hydrogen-bond donors (Lipinski definition) is 2. The molecule has 4 atom stereocenters. The molecule has 0 heterocycles. The molecule has 2 N–H and O–H groups in total. The van der Waals surface area contributed by atoms with Gasteiger partial charge in [0, 0.05) is 25.3 Å². The molecule has 0 aromatic heterocycles. The Morgan fingerprint density at radius 2 is 1.79 bits per heavy atom. The number of amides is 1. The van der Waals surface area contributed by atoms with Gasteiger partial charge in [-0.25, -0.2) is 4.39 Å². The summed E-state index contributed by atoms with van der Waals surface area (Å²) in [5.41, 5.74) is 0.749. The van der Waals surface area contributed by atoms with Gasteiger partial charge in [0.05, 0.1) is 17.4 Å². The molecule has 0 aliphatic heterocycles. The minimum atomic E-state index is -4.65. The Labute approximate surface area is 197 Å². The molecule has 0 radical (unpaired) electrons. The zero-order valence-corrected chi connectivity index (χ0v) is 19.3. The second kappa shape index (κ2) is 9.94. The largest absolute Gasteiger partial charge is 0.416 e. The average molecular weight is 479 g/mol. The van der Waals surface area contributed by atoms with E-state index in [9.17, 15) is 22.4 Å². The summed E-state index contributed by atoms with van der Waals surface area (Å²) in [6.45, 7) is 2.67. The van der Waals surface area contributed by atoms with Crippen molar-refractivity contribution in [3.8, 4) is 0 Å². The van der Waals surface area contributed by atoms with E-state index in [4.69, 9.17) is 4.74 Å². The van der Waals surface area contributed by atoms with Crippen molar-refractivity contribution in [1.29, 1.82) is 0 Å². The zero-order valence-electron chi connectivity index (χ0n) is 19.3. The summed E-state index contributed by atoms with van der Waals surface area (Å²) < 4.78 is 59.1. The van der Waals surface area contributed by atoms with Crippen LogP contribution in [-0.4, -0.2) is 25.7 Å². The molecule has 2 aliphatic rings. The van der Waals surface area contributed by atoms with Crippen LogP contribution in [0.3, 0.4) is 0 Å². The van der Waals surface area contributed by atoms with Gasteiger partial charge < -0.3 is 15.4 Å². The highest BCUT2D eigenvalue weighted by molar-refractivity contribution is 5.93. The number of rotatable bonds is 7. The topological polar surface area (TPSA) is 50.4 Å². The lowest BCUT2D eigenvalue weighted by Crippen LogP contribution is -2.40. The quantitative estimate of drug-likeness (QED) is 0.450. The fraction of sp³-hybridized carbons (Fsp3) is 0.500. The number of carbonyl (C=O) groups is 1. The SMILES string of the molecule is CNc1ccc(C2CC(OCC3CC3)CC(C(=O)Nc3ccc(C(F)(F)F)cc3F)[C@@H]2C)cc1. The van der Waals surface area contributed by atoms with E-state index in [0.717, 1.165) is 42.6 Å². The first-order chi connectivity index (χ1) is 16.2. The monoisotopic (exact) mass is 478 g/mol. The number of alkyl halides is 3. The van der Waals surface area contributed by atoms with E-state index >= 15 is 0 Å². The van der Waals surface area contributed by atoms with E-state index in [1.165, 1.54) is 0 Å². The Morgan fingerprint density at radius 3 is 2.38 bits per heavy atom. The molecule has 2 saturated carbocycles. The molecule has 34 heavy (non-hydrogen) atoms. The van der Waals surface area contributed by atoms with E-state index in [1.807, 2.05) is 38.2 Å². The molecule has 0 saturated heterocycles. The number of carbonyl (C=O) groups excluding carboxylic acids is 1. The summed E-state index contributed by atoms with van der Waals surface area (Å²) in [5.74, 6) is -1.37. The maximum atomic E-state index is 14.4. The van der Waals surface area contributed by atoms with Gasteiger partial charge in [0.25, 0.3) is 0 Å². The third kappa shape index (κ3) is 5.71. The fourth-order valence-electron chi connectivity index (χ4n) is 4.77. The van der Waals surface area contributed by atoms with Crippen LogP contribution in [0.25, 0.3) is 0 Å². The third-order valence-electron chi connectivity index (χ3n) is 7.09. The van der Waals surface area contributed by atoms with Crippen molar-refractivity contribution in [2.24, 2.45) is 17.8 Å². The molecule has 2 fully saturated rings. The predicted molar refractivity (Wildman–Crippen MR) is 123 cm³/mol. The van der Waals surface area contributed by atoms with Crippen LogP contribution in [0.15, 0.2) is 42.5 Å². The van der Waals surface area contributed by atoms with Crippen molar-refractivity contribution in [2.75, 3.05) is 24.3 Å². The van der Waals surface area contributed by atoms with Crippen molar-refractivity contribution in [1.82, 2.24) is 0 Å². The second-order valence-corrected chi connectivity index (χ2v) is 9.50. The highest BCUT2D eigenvalue weighted by Crippen LogP contribution is 2.44. The predicted octanol–water partition coefficient (Wildman–Crippen LogP) is 6.45. The van der Waals surface area contributed by atoms with E-state index in [0.29, 0.717) is 25.0 Å². The lowest BCUT2D eigenvalue weighted by Gasteiger charge is -2.40. The Kier molecular flexibility index (Phi) is 7.17. The highest BCUT2D eigenvalue weighted by atomic mass is 19.4. The number of ether oxygens (including phenoxy) is 1. The van der Waals surface area contributed by atoms with Crippen molar-refractivity contribution in [3.05, 3.63) is 59.4 Å². The van der Waals surface area contributed by atoms with E-state index in [1.54, 1.807) is 0 Å². The molecular formula is C26H30F4N2O2. The first kappa shape index (κ1) is 24.5. The summed E-state index contributed by atoms with van der Waals surface area (Å²) in [4.78, 5) is 13.2. The van der Waals surface area contributed by atoms with Crippen LogP contribution in [-0.2, 0) is 15.7 Å². The Hall–Kier alpha value is -2.61. The van der Waals surface area contributed by atoms with Crippen LogP contribution in [0.2, 0.25) is 0 Å². The normalized spacial score (nSPS) is 25.1. The van der Waals surface area contributed by atoms with Gasteiger partial charge in [-0.3, -0.25) is 4.79 Å². The molecular weight excluding hydrogens is 448 g/mol. The van der Waals surface area contributed by atoms with Gasteiger partial charge in [-0.2, -0.15) is 13.2 Å². The maximum absolute atomic E-state index is 14.4. The Morgan fingerprint density at radius 1 is 1.09 bits per heavy atom. The number of halogens is 4. The Balaban J connectivity index is 1.53. The highest BCUT2D eigenvalue weighted by Gasteiger charge is 2.41. The molecule has 0 spiro atoms. The van der Waals surface area contributed by atoms with Gasteiger partial charge in [0.2, 0.25) is 5.91 Å². The first-order valence-corrected chi connectivity index (χ1v) is 11.7. The van der Waals surface area contributed by atoms with E-state index in [2.05, 4.69) is 10.6 Å². The molecule has 2 aliphatic carbocycles. The summed E-state index contributed by atoms with van der Waals surface area (Å²) in [7, 11) is 1.85. The van der Waals surface area contributed by atoms with Gasteiger partial charge >= 0.3 is 6.18 Å². The van der Waals surface area contributed by atoms with Crippen LogP contribution in [0.1, 0.15) is 49.7 Å². The summed E-state index contributed by atoms with van der Waals surface area (Å²) in [6.07, 6.45) is -1.16. The Bertz CT molecular complexity index is 1000. The molecule has 1 amide bonds. The van der Waals surface area contributed by atoms with E-state index < -0.39 is 29.4 Å². The lowest BCUT2D eigenvalue weighted by atomic mass is 9.68. The molecule has 3 unspecified atom stereocenters. The van der Waals surface area contributed by atoms with Crippen LogP contribution in [0, 0.1) is 23.6 Å². The zero-order chi connectivity index (χ0) is 24.5. The van der Waals surface area contributed by atoms with Crippen molar-refractivity contribution in [3.63, 3.8) is 0 Å². The van der Waals surface area contributed by atoms with Crippen molar-refractivity contribution >= 4 is 17.3 Å². The minimum Gasteiger partial charge on any atom is -0.388 e. The number of hydrogen-bond acceptors (Lipinski definition) is 3. The first-order valence-electron chi connectivity index (χ1n) is 11.7. The smallest absolute Gasteiger partial charge is 0.388 e. The minimum absolute atomic E-state index is 0.0567. The van der Waals surface area contributed by atoms with Crippen LogP contribution in [0.5, 0.6) is 0 Å². The molecule has 4 nitrogen and oxygen atoms in total. The standard InChI is InChI=1S/C26H30F4N2O2/c1-15-21(17-5-8-19(31-2)9-6-17)12-20(34-14-16-3-4-16)13-22(15)25(33)32-24-10-7-18(11-23(24)27)26(28,29)30/h5-11,15-16,20-22,31H,3-4,12-14H2,1-2H3,(H,32,33)/t15-,20?,21?,22?/m1/s1. The molecule has 8 heteroatoms. The lowest BCUT2D eigenvalue weighted by molar-refractivity contribution is -0.137. The average Bonchev–Trinajstić information content (AvgIpc) is 3.63. The van der Waals surface area contributed by atoms with Gasteiger partial charge in [0.15, 0.2) is 0 Å². The number of benzene rings is 2. The molecule has 2 aromatic carbocycles. The van der Waals surface area contributed by atoms with Gasteiger partial charge in [-0.05, 0) is 79.3 Å². The van der Waals surface area contributed by atoms with Crippen LogP contribution in [0.4, 0.5) is 28.9 Å². The molecule has 184 valence electrons. The summed E-state index contributed by atoms with van der Waals surface area (Å²) >= 11 is 0.